The molecule has 2 aromatic carbocycles. The number of hydrogen-bond donors (Lipinski definition) is 0. The molecule has 1 aromatic heterocycles. The monoisotopic (exact) mass is 708 g/mol. The van der Waals surface area contributed by atoms with Crippen LogP contribution in [0.2, 0.25) is 0 Å². The van der Waals surface area contributed by atoms with Crippen LogP contribution in [0.1, 0.15) is 99.9 Å². The number of nitrogens with zero attached hydrogens (tertiary/aromatic N) is 6. The van der Waals surface area contributed by atoms with Crippen molar-refractivity contribution in [3.63, 3.8) is 0 Å². The maximum absolute atomic E-state index is 13.8. The number of benzene rings is 2. The molecule has 1 amide bonds. The molecule has 0 aliphatic carbocycles. The molecule has 2 heterocycles. The van der Waals surface area contributed by atoms with Crippen molar-refractivity contribution >= 4 is 17.5 Å². The number of halogens is 9. The number of carbonyl (C=O) groups excluding carboxylic acids is 1. The first kappa shape index (κ1) is 37.8. The average molecular weight is 709 g/mol. The van der Waals surface area contributed by atoms with E-state index in [0.717, 1.165) is 49.0 Å². The van der Waals surface area contributed by atoms with E-state index in [4.69, 9.17) is 0 Å². The summed E-state index contributed by atoms with van der Waals surface area (Å²) >= 11 is 0. The smallest absolute Gasteiger partial charge is 0.406 e. The van der Waals surface area contributed by atoms with Gasteiger partial charge in [-0.2, -0.15) is 31.1 Å². The highest BCUT2D eigenvalue weighted by atomic mass is 19.4. The summed E-state index contributed by atoms with van der Waals surface area (Å²) < 4.78 is 127. The van der Waals surface area contributed by atoms with Crippen LogP contribution in [0.3, 0.4) is 0 Å². The topological polar surface area (TPSA) is 76.4 Å². The normalized spacial score (nSPS) is 16.9. The van der Waals surface area contributed by atoms with Crippen LogP contribution in [0, 0.1) is 0 Å². The number of aryl methyl sites for hydroxylation is 1. The third kappa shape index (κ3) is 9.78. The Morgan fingerprint density at radius 2 is 1.53 bits per heavy atom. The van der Waals surface area contributed by atoms with Crippen LogP contribution in [0.5, 0.6) is 5.75 Å². The average Bonchev–Trinajstić information content (AvgIpc) is 3.44. The molecule has 49 heavy (non-hydrogen) atoms. The van der Waals surface area contributed by atoms with E-state index in [1.54, 1.807) is 6.92 Å². The predicted molar refractivity (Wildman–Crippen MR) is 161 cm³/mol. The molecule has 1 aliphatic heterocycles. The van der Waals surface area contributed by atoms with Gasteiger partial charge in [0, 0.05) is 30.3 Å². The number of hydrogen-bond acceptors (Lipinski definition) is 6. The fraction of sp³-hybridized carbons (Fsp3) is 0.562. The molecule has 0 N–H and O–H groups in total. The standard InChI is InChI=1S/C32H37F9N6O2/c1-4-6-7-8-9-10-11-28(48)47-23(5-2)17-27(25-18-24(12-13-26(25)47)49-32(39,40)41)46(29-42-44-45(3)43-29)19-20-14-21(30(33,34)35)16-22(15-20)31(36,37)38/h12-16,18,23,27H,4-11,17,19H2,1-3H3/t23-,27+/m1/s1. The van der Waals surface area contributed by atoms with E-state index in [2.05, 4.69) is 27.1 Å². The molecule has 0 bridgehead atoms. The SMILES string of the molecule is CCCCCCCCC(=O)N1c2ccc(OC(F)(F)F)cc2[C@@H](N(Cc2cc(C(F)(F)F)cc(C(F)(F)F)c2)c2nnn(C)n2)C[C@H]1CC. The number of fused-ring (bicyclic) bond motifs is 1. The van der Waals surface area contributed by atoms with Crippen molar-refractivity contribution in [2.45, 2.75) is 109 Å². The number of carbonyl (C=O) groups is 1. The van der Waals surface area contributed by atoms with E-state index in [1.165, 1.54) is 22.9 Å². The maximum atomic E-state index is 13.8. The van der Waals surface area contributed by atoms with Crippen molar-refractivity contribution in [3.8, 4) is 5.75 Å². The fourth-order valence-corrected chi connectivity index (χ4v) is 6.08. The molecule has 0 unspecified atom stereocenters. The van der Waals surface area contributed by atoms with E-state index in [1.807, 2.05) is 0 Å². The van der Waals surface area contributed by atoms with Gasteiger partial charge in [0.05, 0.1) is 24.2 Å². The third-order valence-corrected chi connectivity index (χ3v) is 8.33. The molecular formula is C32H37F9N6O2. The lowest BCUT2D eigenvalue weighted by atomic mass is 9.87. The molecule has 8 nitrogen and oxygen atoms in total. The van der Waals surface area contributed by atoms with E-state index < -0.39 is 59.8 Å². The number of anilines is 2. The summed E-state index contributed by atoms with van der Waals surface area (Å²) in [5, 5.41) is 11.9. The van der Waals surface area contributed by atoms with Gasteiger partial charge in [-0.1, -0.05) is 51.1 Å². The Morgan fingerprint density at radius 3 is 2.08 bits per heavy atom. The summed E-state index contributed by atoms with van der Waals surface area (Å²) in [5.74, 6) is -1.09. The number of aromatic nitrogens is 4. The quantitative estimate of drug-likeness (QED) is 0.130. The van der Waals surface area contributed by atoms with Crippen molar-refractivity contribution < 1.29 is 49.0 Å². The number of rotatable bonds is 13. The molecule has 0 saturated heterocycles. The largest absolute Gasteiger partial charge is 0.573 e. The molecule has 4 rings (SSSR count). The zero-order valence-corrected chi connectivity index (χ0v) is 27.1. The van der Waals surface area contributed by atoms with Crippen LogP contribution in [0.4, 0.5) is 51.1 Å². The summed E-state index contributed by atoms with van der Waals surface area (Å²) in [7, 11) is 1.39. The molecular weight excluding hydrogens is 671 g/mol. The summed E-state index contributed by atoms with van der Waals surface area (Å²) in [6, 6.07) is 3.01. The van der Waals surface area contributed by atoms with Crippen molar-refractivity contribution in [3.05, 3.63) is 58.7 Å². The lowest BCUT2D eigenvalue weighted by molar-refractivity contribution is -0.274. The van der Waals surface area contributed by atoms with Crippen LogP contribution in [-0.4, -0.2) is 38.5 Å². The summed E-state index contributed by atoms with van der Waals surface area (Å²) in [6.45, 7) is 3.27. The minimum Gasteiger partial charge on any atom is -0.406 e. The number of amides is 1. The first-order valence-electron chi connectivity index (χ1n) is 15.9. The maximum Gasteiger partial charge on any atom is 0.573 e. The number of alkyl halides is 9. The van der Waals surface area contributed by atoms with Crippen LogP contribution in [-0.2, 0) is 30.7 Å². The predicted octanol–water partition coefficient (Wildman–Crippen LogP) is 9.16. The minimum atomic E-state index is -5.11. The Morgan fingerprint density at radius 1 is 0.898 bits per heavy atom. The van der Waals surface area contributed by atoms with Gasteiger partial charge in [-0.3, -0.25) is 4.79 Å². The van der Waals surface area contributed by atoms with Crippen molar-refractivity contribution in [2.24, 2.45) is 7.05 Å². The highest BCUT2D eigenvalue weighted by Gasteiger charge is 2.41. The van der Waals surface area contributed by atoms with E-state index in [0.29, 0.717) is 25.0 Å². The van der Waals surface area contributed by atoms with Gasteiger partial charge in [-0.25, -0.2) is 0 Å². The number of ether oxygens (including phenoxy) is 1. The van der Waals surface area contributed by atoms with Crippen molar-refractivity contribution in [2.75, 3.05) is 9.80 Å². The lowest BCUT2D eigenvalue weighted by Crippen LogP contribution is -2.47. The van der Waals surface area contributed by atoms with Gasteiger partial charge < -0.3 is 14.5 Å². The molecule has 1 aliphatic rings. The molecule has 0 saturated carbocycles. The Bertz CT molecular complexity index is 1540. The number of tetrazole rings is 1. The Kier molecular flexibility index (Phi) is 11.7. The van der Waals surface area contributed by atoms with Gasteiger partial charge in [-0.15, -0.1) is 18.3 Å². The second kappa shape index (κ2) is 15.2. The summed E-state index contributed by atoms with van der Waals surface area (Å²) in [4.78, 5) is 17.5. The molecule has 0 spiro atoms. The molecule has 0 fully saturated rings. The van der Waals surface area contributed by atoms with Crippen LogP contribution in [0.15, 0.2) is 36.4 Å². The Balaban J connectivity index is 1.82. The second-order valence-corrected chi connectivity index (χ2v) is 12.0. The van der Waals surface area contributed by atoms with Crippen molar-refractivity contribution in [1.82, 2.24) is 20.2 Å². The van der Waals surface area contributed by atoms with E-state index >= 15 is 0 Å². The van der Waals surface area contributed by atoms with Crippen LogP contribution >= 0.6 is 0 Å². The van der Waals surface area contributed by atoms with Gasteiger partial charge >= 0.3 is 18.7 Å². The first-order valence-corrected chi connectivity index (χ1v) is 15.9. The molecule has 3 aromatic rings. The zero-order chi connectivity index (χ0) is 36.1. The van der Waals surface area contributed by atoms with E-state index in [9.17, 15) is 44.3 Å². The summed E-state index contributed by atoms with van der Waals surface area (Å²) in [5.41, 5.74) is -3.12. The first-order chi connectivity index (χ1) is 22.9. The molecule has 270 valence electrons. The molecule has 0 radical (unpaired) electrons. The summed E-state index contributed by atoms with van der Waals surface area (Å²) in [6.07, 6.45) is -9.21. The Labute approximate surface area is 277 Å². The third-order valence-electron chi connectivity index (χ3n) is 8.33. The Hall–Kier alpha value is -4.05. The van der Waals surface area contributed by atoms with Gasteiger partial charge in [-0.05, 0) is 66.4 Å². The minimum absolute atomic E-state index is 0.00544. The lowest BCUT2D eigenvalue weighted by Gasteiger charge is -2.44. The number of unbranched alkanes of at least 4 members (excludes halogenated alkanes) is 5. The highest BCUT2D eigenvalue weighted by molar-refractivity contribution is 5.95. The van der Waals surface area contributed by atoms with Gasteiger partial charge in [0.1, 0.15) is 5.75 Å². The van der Waals surface area contributed by atoms with Gasteiger partial charge in [0.15, 0.2) is 0 Å². The van der Waals surface area contributed by atoms with Crippen LogP contribution in [0.25, 0.3) is 0 Å². The van der Waals surface area contributed by atoms with Crippen LogP contribution < -0.4 is 14.5 Å². The molecule has 2 atom stereocenters. The highest BCUT2D eigenvalue weighted by Crippen LogP contribution is 2.46. The molecule has 17 heteroatoms. The van der Waals surface area contributed by atoms with Crippen molar-refractivity contribution in [1.29, 1.82) is 0 Å². The zero-order valence-electron chi connectivity index (χ0n) is 27.1. The van der Waals surface area contributed by atoms with E-state index in [-0.39, 0.29) is 42.0 Å². The van der Waals surface area contributed by atoms with Gasteiger partial charge in [0.25, 0.3) is 5.95 Å². The van der Waals surface area contributed by atoms with Gasteiger partial charge in [0.2, 0.25) is 5.91 Å². The fourth-order valence-electron chi connectivity index (χ4n) is 6.08. The second-order valence-electron chi connectivity index (χ2n) is 12.0.